The monoisotopic (exact) mass is 352 g/mol. The van der Waals surface area contributed by atoms with Crippen molar-refractivity contribution in [2.45, 2.75) is 19.6 Å². The average molecular weight is 353 g/mol. The van der Waals surface area contributed by atoms with Crippen LogP contribution >= 0.6 is 11.6 Å². The zero-order valence-corrected chi connectivity index (χ0v) is 14.7. The molecule has 2 aromatic rings. The molecule has 1 aliphatic heterocycles. The van der Waals surface area contributed by atoms with Crippen molar-refractivity contribution in [3.8, 4) is 0 Å². The van der Waals surface area contributed by atoms with Crippen LogP contribution in [0.1, 0.15) is 18.9 Å². The van der Waals surface area contributed by atoms with Crippen molar-refractivity contribution in [3.05, 3.63) is 70.6 Å². The van der Waals surface area contributed by atoms with Crippen molar-refractivity contribution in [1.29, 1.82) is 0 Å². The number of aliphatic imine (C=N–C) groups is 1. The highest BCUT2D eigenvalue weighted by atomic mass is 35.5. The number of nitrogens with zero attached hydrogens (tertiary/aromatic N) is 2. The first kappa shape index (κ1) is 16.1. The fourth-order valence-corrected chi connectivity index (χ4v) is 3.15. The van der Waals surface area contributed by atoms with Gasteiger partial charge in [0.15, 0.2) is 6.29 Å². The number of benzene rings is 1. The van der Waals surface area contributed by atoms with Gasteiger partial charge in [-0.05, 0) is 37.3 Å². The van der Waals surface area contributed by atoms with Gasteiger partial charge in [0.2, 0.25) is 0 Å². The quantitative estimate of drug-likeness (QED) is 0.580. The molecule has 0 N–H and O–H groups in total. The van der Waals surface area contributed by atoms with Crippen LogP contribution in [0.15, 0.2) is 64.9 Å². The van der Waals surface area contributed by atoms with Crippen LogP contribution in [0.4, 0.5) is 0 Å². The smallest absolute Gasteiger partial charge is 0.196 e. The largest absolute Gasteiger partial charge is 0.466 e. The lowest BCUT2D eigenvalue weighted by atomic mass is 10.0. The SMILES string of the molecule is COC(C)OC1=CCC2=NC(c3cc4ccccc4nc3Cl)=CC2=C1. The third-order valence-corrected chi connectivity index (χ3v) is 4.55. The molecule has 126 valence electrons. The third-order valence-electron chi connectivity index (χ3n) is 4.26. The maximum Gasteiger partial charge on any atom is 0.196 e. The molecular weight excluding hydrogens is 336 g/mol. The maximum atomic E-state index is 6.40. The Hall–Kier alpha value is -2.43. The number of allylic oxidation sites excluding steroid dienone is 4. The van der Waals surface area contributed by atoms with Crippen LogP contribution in [0.2, 0.25) is 5.15 Å². The first-order valence-electron chi connectivity index (χ1n) is 8.10. The van der Waals surface area contributed by atoms with Crippen LogP contribution in [0.25, 0.3) is 16.6 Å². The van der Waals surface area contributed by atoms with Crippen molar-refractivity contribution in [1.82, 2.24) is 4.98 Å². The highest BCUT2D eigenvalue weighted by molar-refractivity contribution is 6.32. The number of aromatic nitrogens is 1. The van der Waals surface area contributed by atoms with E-state index in [2.05, 4.69) is 4.98 Å². The number of halogens is 1. The van der Waals surface area contributed by atoms with Crippen molar-refractivity contribution >= 4 is 33.9 Å². The van der Waals surface area contributed by atoms with Gasteiger partial charge in [-0.25, -0.2) is 4.98 Å². The Kier molecular flexibility index (Phi) is 4.15. The van der Waals surface area contributed by atoms with E-state index in [0.717, 1.165) is 45.6 Å². The van der Waals surface area contributed by atoms with Crippen LogP contribution in [-0.2, 0) is 9.47 Å². The summed E-state index contributed by atoms with van der Waals surface area (Å²) in [5.41, 5.74) is 4.61. The van der Waals surface area contributed by atoms with E-state index in [-0.39, 0.29) is 6.29 Å². The molecule has 1 aliphatic carbocycles. The van der Waals surface area contributed by atoms with E-state index in [1.54, 1.807) is 7.11 Å². The molecule has 2 aliphatic rings. The molecule has 1 aromatic carbocycles. The highest BCUT2D eigenvalue weighted by Crippen LogP contribution is 2.34. The molecule has 0 amide bonds. The topological polar surface area (TPSA) is 43.7 Å². The Balaban J connectivity index is 1.68. The Labute approximate surface area is 151 Å². The second kappa shape index (κ2) is 6.47. The summed E-state index contributed by atoms with van der Waals surface area (Å²) in [5.74, 6) is 0.795. The number of methoxy groups -OCH3 is 1. The lowest BCUT2D eigenvalue weighted by Gasteiger charge is -2.16. The molecule has 4 nitrogen and oxygen atoms in total. The van der Waals surface area contributed by atoms with E-state index in [1.165, 1.54) is 0 Å². The molecular formula is C20H17ClN2O2. The van der Waals surface area contributed by atoms with Gasteiger partial charge in [-0.15, -0.1) is 0 Å². The Morgan fingerprint density at radius 3 is 2.88 bits per heavy atom. The maximum absolute atomic E-state index is 6.40. The van der Waals surface area contributed by atoms with Crippen molar-refractivity contribution in [3.63, 3.8) is 0 Å². The number of hydrogen-bond donors (Lipinski definition) is 0. The van der Waals surface area contributed by atoms with E-state index < -0.39 is 0 Å². The minimum absolute atomic E-state index is 0.287. The number of fused-ring (bicyclic) bond motifs is 2. The van der Waals surface area contributed by atoms with E-state index >= 15 is 0 Å². The number of ether oxygens (including phenoxy) is 2. The summed E-state index contributed by atoms with van der Waals surface area (Å²) >= 11 is 6.40. The predicted molar refractivity (Wildman–Crippen MR) is 101 cm³/mol. The van der Waals surface area contributed by atoms with Crippen molar-refractivity contribution in [2.24, 2.45) is 4.99 Å². The first-order chi connectivity index (χ1) is 12.1. The van der Waals surface area contributed by atoms with Gasteiger partial charge in [-0.1, -0.05) is 29.8 Å². The van der Waals surface area contributed by atoms with E-state index in [4.69, 9.17) is 26.1 Å². The molecule has 1 atom stereocenters. The first-order valence-corrected chi connectivity index (χ1v) is 8.48. The number of hydrogen-bond acceptors (Lipinski definition) is 4. The third kappa shape index (κ3) is 3.11. The van der Waals surface area contributed by atoms with E-state index in [9.17, 15) is 0 Å². The molecule has 0 radical (unpaired) electrons. The van der Waals surface area contributed by atoms with Gasteiger partial charge in [0.1, 0.15) is 10.9 Å². The molecule has 1 unspecified atom stereocenters. The summed E-state index contributed by atoms with van der Waals surface area (Å²) in [6.45, 7) is 1.86. The van der Waals surface area contributed by atoms with Gasteiger partial charge >= 0.3 is 0 Å². The molecule has 0 bridgehead atoms. The minimum Gasteiger partial charge on any atom is -0.466 e. The molecule has 0 spiro atoms. The van der Waals surface area contributed by atoms with Crippen LogP contribution in [0, 0.1) is 0 Å². The normalized spacial score (nSPS) is 17.4. The molecule has 2 heterocycles. The fourth-order valence-electron chi connectivity index (χ4n) is 2.90. The summed E-state index contributed by atoms with van der Waals surface area (Å²) in [4.78, 5) is 9.22. The number of pyridine rings is 1. The molecule has 5 heteroatoms. The zero-order valence-electron chi connectivity index (χ0n) is 14.0. The van der Waals surface area contributed by atoms with Gasteiger partial charge < -0.3 is 9.47 Å². The van der Waals surface area contributed by atoms with Gasteiger partial charge in [0.25, 0.3) is 0 Å². The molecule has 1 aromatic heterocycles. The van der Waals surface area contributed by atoms with Crippen molar-refractivity contribution < 1.29 is 9.47 Å². The lowest BCUT2D eigenvalue weighted by molar-refractivity contribution is -0.0764. The molecule has 4 rings (SSSR count). The Bertz CT molecular complexity index is 973. The molecule has 25 heavy (non-hydrogen) atoms. The van der Waals surface area contributed by atoms with Gasteiger partial charge in [-0.2, -0.15) is 0 Å². The summed E-state index contributed by atoms with van der Waals surface area (Å²) in [6.07, 6.45) is 6.45. The summed E-state index contributed by atoms with van der Waals surface area (Å²) in [5, 5.41) is 1.51. The Morgan fingerprint density at radius 1 is 1.20 bits per heavy atom. The number of para-hydroxylation sites is 1. The summed E-state index contributed by atoms with van der Waals surface area (Å²) in [7, 11) is 1.62. The summed E-state index contributed by atoms with van der Waals surface area (Å²) in [6, 6.07) is 9.96. The van der Waals surface area contributed by atoms with Crippen LogP contribution in [-0.4, -0.2) is 24.1 Å². The molecule has 0 fully saturated rings. The second-order valence-electron chi connectivity index (χ2n) is 5.94. The zero-order chi connectivity index (χ0) is 17.4. The standard InChI is InChI=1S/C20H17ClN2O2/c1-12(24-2)25-15-7-8-18-14(9-15)11-19(22-18)16-10-13-5-3-4-6-17(13)23-20(16)21/h3-7,9-12H,8H2,1-2H3. The fraction of sp³-hybridized carbons (Fsp3) is 0.200. The van der Waals surface area contributed by atoms with Crippen LogP contribution in [0.5, 0.6) is 0 Å². The summed E-state index contributed by atoms with van der Waals surface area (Å²) < 4.78 is 10.9. The lowest BCUT2D eigenvalue weighted by Crippen LogP contribution is -2.12. The highest BCUT2D eigenvalue weighted by Gasteiger charge is 2.21. The van der Waals surface area contributed by atoms with Gasteiger partial charge in [0, 0.05) is 30.1 Å². The van der Waals surface area contributed by atoms with E-state index in [1.807, 2.05) is 55.5 Å². The van der Waals surface area contributed by atoms with Crippen LogP contribution < -0.4 is 0 Å². The van der Waals surface area contributed by atoms with Gasteiger partial charge in [0.05, 0.1) is 16.9 Å². The Morgan fingerprint density at radius 2 is 2.04 bits per heavy atom. The van der Waals surface area contributed by atoms with Gasteiger partial charge in [-0.3, -0.25) is 4.99 Å². The average Bonchev–Trinajstić information content (AvgIpc) is 3.04. The predicted octanol–water partition coefficient (Wildman–Crippen LogP) is 4.91. The van der Waals surface area contributed by atoms with E-state index in [0.29, 0.717) is 5.15 Å². The van der Waals surface area contributed by atoms with Crippen LogP contribution in [0.3, 0.4) is 0 Å². The minimum atomic E-state index is -0.287. The number of rotatable bonds is 4. The molecule has 0 saturated carbocycles. The van der Waals surface area contributed by atoms with Crippen molar-refractivity contribution in [2.75, 3.05) is 7.11 Å². The molecule has 0 saturated heterocycles. The second-order valence-corrected chi connectivity index (χ2v) is 6.30.